The maximum absolute atomic E-state index is 12.1. The maximum Gasteiger partial charge on any atom is 0.340 e. The minimum atomic E-state index is -0.369. The van der Waals surface area contributed by atoms with Crippen LogP contribution in [0.3, 0.4) is 0 Å². The van der Waals surface area contributed by atoms with E-state index in [0.29, 0.717) is 23.6 Å². The second-order valence-corrected chi connectivity index (χ2v) is 5.78. The number of carbonyl (C=O) groups excluding carboxylic acids is 1. The molecule has 2 heterocycles. The third-order valence-electron chi connectivity index (χ3n) is 3.07. The smallest absolute Gasteiger partial charge is 0.340 e. The summed E-state index contributed by atoms with van der Waals surface area (Å²) in [6, 6.07) is 9.20. The Morgan fingerprint density at radius 3 is 2.52 bits per heavy atom. The maximum atomic E-state index is 12.1. The van der Waals surface area contributed by atoms with Crippen molar-refractivity contribution in [2.45, 2.75) is 33.1 Å². The quantitative estimate of drug-likeness (QED) is 0.808. The van der Waals surface area contributed by atoms with E-state index in [1.165, 1.54) is 0 Å². The highest BCUT2D eigenvalue weighted by Gasteiger charge is 2.21. The van der Waals surface area contributed by atoms with Gasteiger partial charge in [0.05, 0.1) is 17.9 Å². The predicted octanol–water partition coefficient (Wildman–Crippen LogP) is 3.62. The molecule has 0 N–H and O–H groups in total. The Hall–Kier alpha value is -2.23. The highest BCUT2D eigenvalue weighted by Crippen LogP contribution is 2.26. The summed E-state index contributed by atoms with van der Waals surface area (Å²) in [6.45, 7) is 8.38. The fourth-order valence-corrected chi connectivity index (χ4v) is 1.95. The Morgan fingerprint density at radius 2 is 1.95 bits per heavy atom. The van der Waals surface area contributed by atoms with Crippen molar-refractivity contribution < 1.29 is 9.53 Å². The highest BCUT2D eigenvalue weighted by atomic mass is 16.5. The largest absolute Gasteiger partial charge is 0.462 e. The molecule has 0 aliphatic carbocycles. The molecule has 2 rings (SSSR count). The van der Waals surface area contributed by atoms with Crippen molar-refractivity contribution in [3.63, 3.8) is 0 Å². The van der Waals surface area contributed by atoms with Gasteiger partial charge in [-0.3, -0.25) is 4.98 Å². The molecule has 0 saturated heterocycles. The Morgan fingerprint density at radius 1 is 1.19 bits per heavy atom. The van der Waals surface area contributed by atoms with Crippen LogP contribution >= 0.6 is 0 Å². The summed E-state index contributed by atoms with van der Waals surface area (Å²) in [5, 5.41) is 0. The fraction of sp³-hybridized carbons (Fsp3) is 0.353. The van der Waals surface area contributed by atoms with Crippen LogP contribution < -0.4 is 0 Å². The molecule has 0 spiro atoms. The molecule has 110 valence electrons. The number of ether oxygens (including phenoxy) is 1. The van der Waals surface area contributed by atoms with Gasteiger partial charge in [0.25, 0.3) is 0 Å². The van der Waals surface area contributed by atoms with Gasteiger partial charge in [-0.1, -0.05) is 26.8 Å². The number of esters is 1. The van der Waals surface area contributed by atoms with Crippen LogP contribution in [0.15, 0.2) is 36.5 Å². The molecular weight excluding hydrogens is 264 g/mol. The van der Waals surface area contributed by atoms with Gasteiger partial charge >= 0.3 is 5.97 Å². The predicted molar refractivity (Wildman–Crippen MR) is 82.1 cm³/mol. The van der Waals surface area contributed by atoms with Gasteiger partial charge in [-0.05, 0) is 31.2 Å². The molecule has 0 bridgehead atoms. The molecule has 0 saturated carbocycles. The molecule has 2 aromatic rings. The number of rotatable bonds is 3. The number of hydrogen-bond acceptors (Lipinski definition) is 4. The number of aromatic nitrogens is 2. The molecule has 2 aromatic heterocycles. The Bertz CT molecular complexity index is 631. The lowest BCUT2D eigenvalue weighted by Crippen LogP contribution is -2.16. The van der Waals surface area contributed by atoms with Gasteiger partial charge in [-0.2, -0.15) is 0 Å². The Kier molecular flexibility index (Phi) is 4.36. The van der Waals surface area contributed by atoms with E-state index in [9.17, 15) is 4.79 Å². The number of hydrogen-bond donors (Lipinski definition) is 0. The summed E-state index contributed by atoms with van der Waals surface area (Å²) in [4.78, 5) is 21.1. The van der Waals surface area contributed by atoms with Crippen LogP contribution in [-0.4, -0.2) is 22.5 Å². The second kappa shape index (κ2) is 6.04. The van der Waals surface area contributed by atoms with Crippen LogP contribution in [0, 0.1) is 0 Å². The van der Waals surface area contributed by atoms with Crippen LogP contribution in [0.1, 0.15) is 43.7 Å². The monoisotopic (exact) mass is 284 g/mol. The van der Waals surface area contributed by atoms with Gasteiger partial charge in [-0.15, -0.1) is 0 Å². The first-order chi connectivity index (χ1) is 9.93. The molecule has 0 unspecified atom stereocenters. The van der Waals surface area contributed by atoms with E-state index < -0.39 is 0 Å². The van der Waals surface area contributed by atoms with E-state index in [1.54, 1.807) is 19.2 Å². The van der Waals surface area contributed by atoms with E-state index in [-0.39, 0.29) is 11.4 Å². The van der Waals surface area contributed by atoms with Gasteiger partial charge in [0.2, 0.25) is 0 Å². The molecule has 0 aliphatic rings. The van der Waals surface area contributed by atoms with E-state index in [4.69, 9.17) is 4.74 Å². The molecule has 0 radical (unpaired) electrons. The van der Waals surface area contributed by atoms with E-state index in [0.717, 1.165) is 5.69 Å². The normalized spacial score (nSPS) is 11.2. The van der Waals surface area contributed by atoms with Crippen LogP contribution in [0.2, 0.25) is 0 Å². The summed E-state index contributed by atoms with van der Waals surface area (Å²) < 4.78 is 5.11. The van der Waals surface area contributed by atoms with Crippen LogP contribution in [0.4, 0.5) is 0 Å². The number of carbonyl (C=O) groups is 1. The van der Waals surface area contributed by atoms with Crippen LogP contribution in [0.5, 0.6) is 0 Å². The van der Waals surface area contributed by atoms with Gasteiger partial charge in [-0.25, -0.2) is 9.78 Å². The standard InChI is InChI=1S/C17H20N2O2/c1-5-21-16(20)12-9-10-14(17(2,3)4)19-15(12)13-8-6-7-11-18-13/h6-11H,5H2,1-4H3. The first kappa shape index (κ1) is 15.2. The third-order valence-corrected chi connectivity index (χ3v) is 3.07. The first-order valence-electron chi connectivity index (χ1n) is 7.03. The molecule has 4 heteroatoms. The zero-order chi connectivity index (χ0) is 15.5. The molecule has 0 aliphatic heterocycles. The highest BCUT2D eigenvalue weighted by molar-refractivity contribution is 5.95. The topological polar surface area (TPSA) is 52.1 Å². The molecule has 0 atom stereocenters. The average Bonchev–Trinajstić information content (AvgIpc) is 2.47. The lowest BCUT2D eigenvalue weighted by molar-refractivity contribution is 0.0526. The van der Waals surface area contributed by atoms with Crippen molar-refractivity contribution >= 4 is 5.97 Å². The summed E-state index contributed by atoms with van der Waals surface area (Å²) >= 11 is 0. The summed E-state index contributed by atoms with van der Waals surface area (Å²) in [5.74, 6) is -0.369. The molecular formula is C17H20N2O2. The number of pyridine rings is 2. The Labute approximate surface area is 125 Å². The van der Waals surface area contributed by atoms with Gasteiger partial charge in [0.15, 0.2) is 0 Å². The fourth-order valence-electron chi connectivity index (χ4n) is 1.95. The SMILES string of the molecule is CCOC(=O)c1ccc(C(C)(C)C)nc1-c1ccccn1. The van der Waals surface area contributed by atoms with Gasteiger partial charge in [0, 0.05) is 17.3 Å². The molecule has 0 aromatic carbocycles. The zero-order valence-corrected chi connectivity index (χ0v) is 12.9. The lowest BCUT2D eigenvalue weighted by atomic mass is 9.91. The summed E-state index contributed by atoms with van der Waals surface area (Å²) in [7, 11) is 0. The van der Waals surface area contributed by atoms with Crippen molar-refractivity contribution in [1.82, 2.24) is 9.97 Å². The summed E-state index contributed by atoms with van der Waals surface area (Å²) in [6.07, 6.45) is 1.69. The van der Waals surface area contributed by atoms with E-state index in [2.05, 4.69) is 30.7 Å². The van der Waals surface area contributed by atoms with Crippen molar-refractivity contribution in [3.8, 4) is 11.4 Å². The van der Waals surface area contributed by atoms with Crippen molar-refractivity contribution in [2.24, 2.45) is 0 Å². The van der Waals surface area contributed by atoms with E-state index >= 15 is 0 Å². The minimum absolute atomic E-state index is 0.100. The Balaban J connectivity index is 2.59. The zero-order valence-electron chi connectivity index (χ0n) is 12.9. The van der Waals surface area contributed by atoms with E-state index in [1.807, 2.05) is 24.3 Å². The first-order valence-corrected chi connectivity index (χ1v) is 7.03. The van der Waals surface area contributed by atoms with Gasteiger partial charge in [0.1, 0.15) is 5.69 Å². The number of nitrogens with zero attached hydrogens (tertiary/aromatic N) is 2. The minimum Gasteiger partial charge on any atom is -0.462 e. The van der Waals surface area contributed by atoms with Crippen molar-refractivity contribution in [3.05, 3.63) is 47.8 Å². The van der Waals surface area contributed by atoms with Crippen LogP contribution in [0.25, 0.3) is 11.4 Å². The van der Waals surface area contributed by atoms with Crippen molar-refractivity contribution in [1.29, 1.82) is 0 Å². The molecule has 0 amide bonds. The average molecular weight is 284 g/mol. The lowest BCUT2D eigenvalue weighted by Gasteiger charge is -2.19. The third kappa shape index (κ3) is 3.45. The summed E-state index contributed by atoms with van der Waals surface area (Å²) in [5.41, 5.74) is 2.50. The van der Waals surface area contributed by atoms with Crippen molar-refractivity contribution in [2.75, 3.05) is 6.61 Å². The van der Waals surface area contributed by atoms with Gasteiger partial charge < -0.3 is 4.74 Å². The van der Waals surface area contributed by atoms with Crippen LogP contribution in [-0.2, 0) is 10.2 Å². The molecule has 4 nitrogen and oxygen atoms in total. The second-order valence-electron chi connectivity index (χ2n) is 5.78. The molecule has 0 fully saturated rings. The molecule has 21 heavy (non-hydrogen) atoms.